The molecule has 1 atom stereocenters. The summed E-state index contributed by atoms with van der Waals surface area (Å²) in [5.74, 6) is -1.29. The maximum atomic E-state index is 11.9. The number of amides is 1. The molecule has 0 saturated carbocycles. The first-order valence-corrected chi connectivity index (χ1v) is 7.26. The number of halogens is 1. The van der Waals surface area contributed by atoms with Crippen LogP contribution in [0.3, 0.4) is 0 Å². The van der Waals surface area contributed by atoms with Crippen LogP contribution in [0.5, 0.6) is 0 Å². The van der Waals surface area contributed by atoms with E-state index in [1.807, 2.05) is 25.1 Å². The van der Waals surface area contributed by atoms with Gasteiger partial charge in [-0.3, -0.25) is 4.79 Å². The van der Waals surface area contributed by atoms with E-state index in [0.717, 1.165) is 11.1 Å². The first-order chi connectivity index (χ1) is 9.61. The fraction of sp³-hybridized carbons (Fsp3) is 0.500. The van der Waals surface area contributed by atoms with Crippen molar-refractivity contribution in [3.63, 3.8) is 0 Å². The van der Waals surface area contributed by atoms with Crippen LogP contribution in [0.2, 0.25) is 5.02 Å². The van der Waals surface area contributed by atoms with Crippen molar-refractivity contribution in [2.75, 3.05) is 0 Å². The van der Waals surface area contributed by atoms with Gasteiger partial charge in [0.25, 0.3) is 0 Å². The van der Waals surface area contributed by atoms with Gasteiger partial charge in [0.05, 0.1) is 0 Å². The minimum Gasteiger partial charge on any atom is -0.480 e. The molecule has 0 bridgehead atoms. The number of rotatable bonds is 5. The Kier molecular flexibility index (Phi) is 5.78. The molecular formula is C16H22ClNO3. The van der Waals surface area contributed by atoms with Crippen LogP contribution < -0.4 is 5.32 Å². The van der Waals surface area contributed by atoms with Crippen molar-refractivity contribution in [1.82, 2.24) is 5.32 Å². The number of nitrogens with one attached hydrogen (secondary N) is 1. The van der Waals surface area contributed by atoms with Gasteiger partial charge in [0, 0.05) is 11.4 Å². The lowest BCUT2D eigenvalue weighted by atomic mass is 9.86. The molecule has 1 amide bonds. The van der Waals surface area contributed by atoms with Crippen molar-refractivity contribution in [3.8, 4) is 0 Å². The third-order valence-electron chi connectivity index (χ3n) is 3.30. The van der Waals surface area contributed by atoms with Crippen LogP contribution in [-0.2, 0) is 16.0 Å². The summed E-state index contributed by atoms with van der Waals surface area (Å²) in [6.07, 6.45) is 0.765. The predicted molar refractivity (Wildman–Crippen MR) is 83.5 cm³/mol. The second kappa shape index (κ2) is 6.94. The fourth-order valence-corrected chi connectivity index (χ4v) is 2.13. The predicted octanol–water partition coefficient (Wildman–Crippen LogP) is 3.20. The molecule has 0 aliphatic carbocycles. The topological polar surface area (TPSA) is 66.4 Å². The summed E-state index contributed by atoms with van der Waals surface area (Å²) < 4.78 is 0. The molecule has 21 heavy (non-hydrogen) atoms. The first-order valence-electron chi connectivity index (χ1n) is 6.88. The van der Waals surface area contributed by atoms with E-state index >= 15 is 0 Å². The molecule has 0 saturated heterocycles. The fourth-order valence-electron chi connectivity index (χ4n) is 1.93. The van der Waals surface area contributed by atoms with Crippen LogP contribution in [0.4, 0.5) is 0 Å². The Hall–Kier alpha value is -1.55. The van der Waals surface area contributed by atoms with E-state index in [4.69, 9.17) is 11.6 Å². The highest BCUT2D eigenvalue weighted by molar-refractivity contribution is 6.31. The highest BCUT2D eigenvalue weighted by Crippen LogP contribution is 2.20. The zero-order valence-corrected chi connectivity index (χ0v) is 13.6. The zero-order valence-electron chi connectivity index (χ0n) is 12.9. The smallest absolute Gasteiger partial charge is 0.326 e. The van der Waals surface area contributed by atoms with Crippen LogP contribution in [0.1, 0.15) is 38.3 Å². The van der Waals surface area contributed by atoms with Crippen molar-refractivity contribution in [3.05, 3.63) is 34.3 Å². The van der Waals surface area contributed by atoms with Crippen LogP contribution in [0.25, 0.3) is 0 Å². The molecule has 0 fully saturated rings. The molecule has 0 aliphatic heterocycles. The number of carboxylic acid groups (broad SMARTS) is 1. The number of carbonyl (C=O) groups is 2. The van der Waals surface area contributed by atoms with Gasteiger partial charge in [0.15, 0.2) is 0 Å². The first kappa shape index (κ1) is 17.5. The number of hydrogen-bond donors (Lipinski definition) is 2. The lowest BCUT2D eigenvalue weighted by molar-refractivity contribution is -0.144. The molecule has 0 spiro atoms. The lowest BCUT2D eigenvalue weighted by Gasteiger charge is -2.27. The maximum Gasteiger partial charge on any atom is 0.326 e. The summed E-state index contributed by atoms with van der Waals surface area (Å²) in [5.41, 5.74) is 1.42. The molecule has 1 aromatic rings. The quantitative estimate of drug-likeness (QED) is 0.877. The zero-order chi connectivity index (χ0) is 16.2. The number of aryl methyl sites for hydroxylation is 2. The molecule has 0 radical (unpaired) electrons. The Labute approximate surface area is 130 Å². The maximum absolute atomic E-state index is 11.9. The summed E-state index contributed by atoms with van der Waals surface area (Å²) >= 11 is 6.04. The molecule has 2 N–H and O–H groups in total. The lowest BCUT2D eigenvalue weighted by Crippen LogP contribution is -2.49. The van der Waals surface area contributed by atoms with Crippen molar-refractivity contribution in [1.29, 1.82) is 0 Å². The van der Waals surface area contributed by atoms with Gasteiger partial charge in [-0.1, -0.05) is 44.5 Å². The Bertz CT molecular complexity index is 535. The van der Waals surface area contributed by atoms with Crippen LogP contribution in [0.15, 0.2) is 18.2 Å². The van der Waals surface area contributed by atoms with Gasteiger partial charge >= 0.3 is 5.97 Å². The average molecular weight is 312 g/mol. The molecule has 0 aliphatic rings. The van der Waals surface area contributed by atoms with Gasteiger partial charge in [-0.05, 0) is 36.0 Å². The van der Waals surface area contributed by atoms with Crippen molar-refractivity contribution < 1.29 is 14.7 Å². The highest BCUT2D eigenvalue weighted by Gasteiger charge is 2.32. The molecule has 4 nitrogen and oxygen atoms in total. The van der Waals surface area contributed by atoms with Crippen molar-refractivity contribution in [2.45, 2.75) is 46.6 Å². The minimum atomic E-state index is -1.02. The Balaban J connectivity index is 2.61. The molecule has 116 valence electrons. The van der Waals surface area contributed by atoms with E-state index in [0.29, 0.717) is 11.4 Å². The van der Waals surface area contributed by atoms with Gasteiger partial charge in [0.1, 0.15) is 6.04 Å². The van der Waals surface area contributed by atoms with E-state index < -0.39 is 17.4 Å². The van der Waals surface area contributed by atoms with Crippen molar-refractivity contribution in [2.24, 2.45) is 5.41 Å². The highest BCUT2D eigenvalue weighted by atomic mass is 35.5. The third-order valence-corrected chi connectivity index (χ3v) is 3.70. The summed E-state index contributed by atoms with van der Waals surface area (Å²) in [5, 5.41) is 12.4. The monoisotopic (exact) mass is 311 g/mol. The number of aliphatic carboxylic acids is 1. The summed E-state index contributed by atoms with van der Waals surface area (Å²) in [6.45, 7) is 7.27. The second-order valence-corrected chi connectivity index (χ2v) is 6.70. The standard InChI is InChI=1S/C16H22ClNO3/c1-10-5-6-11(9-12(10)17)7-8-13(19)18-14(15(20)21)16(2,3)4/h5-6,9,14H,7-8H2,1-4H3,(H,18,19)(H,20,21). The molecule has 1 rings (SSSR count). The average Bonchev–Trinajstić information content (AvgIpc) is 2.35. The number of hydrogen-bond acceptors (Lipinski definition) is 2. The summed E-state index contributed by atoms with van der Waals surface area (Å²) in [6, 6.07) is 4.77. The summed E-state index contributed by atoms with van der Waals surface area (Å²) in [7, 11) is 0. The number of benzene rings is 1. The van der Waals surface area contributed by atoms with E-state index in [2.05, 4.69) is 5.32 Å². The van der Waals surface area contributed by atoms with Gasteiger partial charge in [-0.25, -0.2) is 4.79 Å². The molecule has 0 heterocycles. The summed E-state index contributed by atoms with van der Waals surface area (Å²) in [4.78, 5) is 23.1. The Morgan fingerprint density at radius 1 is 1.33 bits per heavy atom. The number of carboxylic acids is 1. The van der Waals surface area contributed by atoms with E-state index in [1.54, 1.807) is 20.8 Å². The second-order valence-electron chi connectivity index (χ2n) is 6.29. The normalized spacial score (nSPS) is 12.8. The van der Waals surface area contributed by atoms with E-state index in [9.17, 15) is 14.7 Å². The Morgan fingerprint density at radius 3 is 2.43 bits per heavy atom. The van der Waals surface area contributed by atoms with Crippen molar-refractivity contribution >= 4 is 23.5 Å². The molecule has 0 aromatic heterocycles. The third kappa shape index (κ3) is 5.38. The number of carbonyl (C=O) groups excluding carboxylic acids is 1. The molecule has 1 unspecified atom stereocenters. The van der Waals surface area contributed by atoms with Gasteiger partial charge in [0.2, 0.25) is 5.91 Å². The molecule has 5 heteroatoms. The SMILES string of the molecule is Cc1ccc(CCC(=O)NC(C(=O)O)C(C)(C)C)cc1Cl. The van der Waals surface area contributed by atoms with Gasteiger partial charge in [-0.15, -0.1) is 0 Å². The van der Waals surface area contributed by atoms with E-state index in [-0.39, 0.29) is 12.3 Å². The van der Waals surface area contributed by atoms with Gasteiger partial charge in [-0.2, -0.15) is 0 Å². The molecular weight excluding hydrogens is 290 g/mol. The van der Waals surface area contributed by atoms with Gasteiger partial charge < -0.3 is 10.4 Å². The molecule has 1 aromatic carbocycles. The van der Waals surface area contributed by atoms with Crippen LogP contribution in [0, 0.1) is 12.3 Å². The largest absolute Gasteiger partial charge is 0.480 e. The minimum absolute atomic E-state index is 0.235. The van der Waals surface area contributed by atoms with Crippen LogP contribution >= 0.6 is 11.6 Å². The Morgan fingerprint density at radius 2 is 1.95 bits per heavy atom. The van der Waals surface area contributed by atoms with E-state index in [1.165, 1.54) is 0 Å². The van der Waals surface area contributed by atoms with Crippen LogP contribution in [-0.4, -0.2) is 23.0 Å².